The lowest BCUT2D eigenvalue weighted by molar-refractivity contribution is -0.114. The third kappa shape index (κ3) is 3.24. The second kappa shape index (κ2) is 6.64. The van der Waals surface area contributed by atoms with Crippen molar-refractivity contribution >= 4 is 22.5 Å². The highest BCUT2D eigenvalue weighted by molar-refractivity contribution is 6.01. The van der Waals surface area contributed by atoms with E-state index in [0.29, 0.717) is 16.8 Å². The number of benzene rings is 2. The number of carbonyl (C=O) groups is 1. The number of nitrogens with zero attached hydrogens (tertiary/aromatic N) is 2. The molecule has 0 radical (unpaired) electrons. The van der Waals surface area contributed by atoms with Gasteiger partial charge in [0.2, 0.25) is 5.91 Å². The molecule has 1 heterocycles. The number of fused-ring (bicyclic) bond motifs is 1. The fourth-order valence-electron chi connectivity index (χ4n) is 2.34. The Morgan fingerprint density at radius 1 is 1.04 bits per heavy atom. The highest BCUT2D eigenvalue weighted by Gasteiger charge is 2.06. The van der Waals surface area contributed by atoms with E-state index in [1.54, 1.807) is 24.4 Å². The van der Waals surface area contributed by atoms with Gasteiger partial charge < -0.3 is 5.32 Å². The molecule has 0 bridgehead atoms. The van der Waals surface area contributed by atoms with Crippen molar-refractivity contribution in [3.05, 3.63) is 71.4 Å². The second-order valence-electron chi connectivity index (χ2n) is 5.18. The summed E-state index contributed by atoms with van der Waals surface area (Å²) in [6, 6.07) is 16.6. The molecule has 1 N–H and O–H groups in total. The third-order valence-corrected chi connectivity index (χ3v) is 3.44. The number of hydrogen-bond donors (Lipinski definition) is 1. The topological polar surface area (TPSA) is 65.8 Å². The van der Waals surface area contributed by atoms with E-state index in [1.165, 1.54) is 6.92 Å². The minimum atomic E-state index is -0.140. The average molecular weight is 311 g/mol. The monoisotopic (exact) mass is 311 g/mol. The molecule has 0 fully saturated rings. The molecular weight excluding hydrogens is 298 g/mol. The van der Waals surface area contributed by atoms with Crippen LogP contribution in [-0.2, 0) is 4.79 Å². The molecule has 4 heteroatoms. The van der Waals surface area contributed by atoms with E-state index < -0.39 is 0 Å². The molecule has 4 nitrogen and oxygen atoms in total. The number of pyridine rings is 1. The van der Waals surface area contributed by atoms with Gasteiger partial charge in [-0.05, 0) is 48.5 Å². The van der Waals surface area contributed by atoms with Crippen molar-refractivity contribution in [2.75, 3.05) is 5.32 Å². The zero-order valence-corrected chi connectivity index (χ0v) is 13.0. The first-order valence-electron chi connectivity index (χ1n) is 7.35. The molecule has 0 unspecified atom stereocenters. The quantitative estimate of drug-likeness (QED) is 0.700. The molecule has 0 saturated carbocycles. The van der Waals surface area contributed by atoms with Crippen LogP contribution in [0.1, 0.15) is 23.6 Å². The predicted molar refractivity (Wildman–Crippen MR) is 93.2 cm³/mol. The van der Waals surface area contributed by atoms with Crippen molar-refractivity contribution in [1.82, 2.24) is 4.98 Å². The van der Waals surface area contributed by atoms with Crippen LogP contribution >= 0.6 is 0 Å². The van der Waals surface area contributed by atoms with Gasteiger partial charge in [-0.25, -0.2) is 0 Å². The number of nitriles is 1. The second-order valence-corrected chi connectivity index (χ2v) is 5.18. The normalized spacial score (nSPS) is 9.67. The number of hydrogen-bond acceptors (Lipinski definition) is 3. The molecule has 3 aromatic rings. The Labute approximate surface area is 139 Å². The fraction of sp³-hybridized carbons (Fsp3) is 0.0500. The standard InChI is InChI=1S/C20H13N3O/c1-14(24)23-19-11-10-17(18-3-2-12-22-20(18)19)9-8-15-4-6-16(13-21)7-5-15/h2-7,10-12H,1H3,(H,23,24). The number of nitrogens with one attached hydrogen (secondary N) is 1. The van der Waals surface area contributed by atoms with Crippen LogP contribution in [0.5, 0.6) is 0 Å². The molecule has 0 aliphatic carbocycles. The van der Waals surface area contributed by atoms with Crippen molar-refractivity contribution < 1.29 is 4.79 Å². The van der Waals surface area contributed by atoms with E-state index in [9.17, 15) is 4.79 Å². The third-order valence-electron chi connectivity index (χ3n) is 3.44. The van der Waals surface area contributed by atoms with Gasteiger partial charge in [-0.3, -0.25) is 9.78 Å². The van der Waals surface area contributed by atoms with Crippen LogP contribution in [-0.4, -0.2) is 10.9 Å². The molecule has 3 rings (SSSR count). The molecule has 1 aromatic heterocycles. The maximum absolute atomic E-state index is 11.3. The molecular formula is C20H13N3O. The van der Waals surface area contributed by atoms with E-state index in [0.717, 1.165) is 16.5 Å². The first kappa shape index (κ1) is 15.3. The predicted octanol–water partition coefficient (Wildman–Crippen LogP) is 3.46. The molecule has 24 heavy (non-hydrogen) atoms. The number of aromatic nitrogens is 1. The van der Waals surface area contributed by atoms with E-state index in [-0.39, 0.29) is 5.91 Å². The van der Waals surface area contributed by atoms with Gasteiger partial charge >= 0.3 is 0 Å². The Morgan fingerprint density at radius 2 is 1.79 bits per heavy atom. The molecule has 0 aliphatic heterocycles. The number of rotatable bonds is 1. The average Bonchev–Trinajstić information content (AvgIpc) is 2.61. The largest absolute Gasteiger partial charge is 0.324 e. The van der Waals surface area contributed by atoms with Crippen molar-refractivity contribution in [3.63, 3.8) is 0 Å². The SMILES string of the molecule is CC(=O)Nc1ccc(C#Cc2ccc(C#N)cc2)c2cccnc12. The summed E-state index contributed by atoms with van der Waals surface area (Å²) in [5.41, 5.74) is 3.64. The van der Waals surface area contributed by atoms with Gasteiger partial charge in [0.25, 0.3) is 0 Å². The van der Waals surface area contributed by atoms with Crippen molar-refractivity contribution in [1.29, 1.82) is 5.26 Å². The van der Waals surface area contributed by atoms with Gasteiger partial charge in [-0.15, -0.1) is 0 Å². The lowest BCUT2D eigenvalue weighted by Gasteiger charge is -2.07. The summed E-state index contributed by atoms with van der Waals surface area (Å²) in [6.07, 6.45) is 1.69. The van der Waals surface area contributed by atoms with Crippen LogP contribution in [0.25, 0.3) is 10.9 Å². The Bertz CT molecular complexity index is 1020. The van der Waals surface area contributed by atoms with Crippen LogP contribution in [0.3, 0.4) is 0 Å². The van der Waals surface area contributed by atoms with Crippen molar-refractivity contribution in [2.24, 2.45) is 0 Å². The lowest BCUT2D eigenvalue weighted by atomic mass is 10.1. The summed E-state index contributed by atoms with van der Waals surface area (Å²) < 4.78 is 0. The maximum atomic E-state index is 11.3. The number of anilines is 1. The Morgan fingerprint density at radius 3 is 2.50 bits per heavy atom. The Balaban J connectivity index is 2.03. The van der Waals surface area contributed by atoms with Gasteiger partial charge in [-0.1, -0.05) is 11.8 Å². The van der Waals surface area contributed by atoms with Gasteiger partial charge in [0, 0.05) is 29.6 Å². The number of carbonyl (C=O) groups excluding carboxylic acids is 1. The van der Waals surface area contributed by atoms with E-state index in [4.69, 9.17) is 5.26 Å². The Kier molecular flexibility index (Phi) is 4.23. The zero-order valence-electron chi connectivity index (χ0n) is 13.0. The van der Waals surface area contributed by atoms with Crippen LogP contribution in [0.2, 0.25) is 0 Å². The summed E-state index contributed by atoms with van der Waals surface area (Å²) >= 11 is 0. The van der Waals surface area contributed by atoms with Crippen LogP contribution in [0.4, 0.5) is 5.69 Å². The van der Waals surface area contributed by atoms with Gasteiger partial charge in [0.1, 0.15) is 0 Å². The summed E-state index contributed by atoms with van der Waals surface area (Å²) in [6.45, 7) is 1.47. The molecule has 2 aromatic carbocycles. The maximum Gasteiger partial charge on any atom is 0.221 e. The minimum Gasteiger partial charge on any atom is -0.324 e. The smallest absolute Gasteiger partial charge is 0.221 e. The van der Waals surface area contributed by atoms with E-state index in [2.05, 4.69) is 28.2 Å². The summed E-state index contributed by atoms with van der Waals surface area (Å²) in [7, 11) is 0. The van der Waals surface area contributed by atoms with Crippen molar-refractivity contribution in [3.8, 4) is 17.9 Å². The first-order chi connectivity index (χ1) is 11.7. The fourth-order valence-corrected chi connectivity index (χ4v) is 2.34. The molecule has 0 aliphatic rings. The van der Waals surface area contributed by atoms with Crippen LogP contribution < -0.4 is 5.32 Å². The van der Waals surface area contributed by atoms with Crippen LogP contribution in [0.15, 0.2) is 54.7 Å². The van der Waals surface area contributed by atoms with Gasteiger partial charge in [0.05, 0.1) is 22.8 Å². The van der Waals surface area contributed by atoms with Crippen LogP contribution in [0, 0.1) is 23.2 Å². The summed E-state index contributed by atoms with van der Waals surface area (Å²) in [4.78, 5) is 15.7. The van der Waals surface area contributed by atoms with E-state index in [1.807, 2.05) is 30.3 Å². The number of amides is 1. The zero-order chi connectivity index (χ0) is 16.9. The summed E-state index contributed by atoms with van der Waals surface area (Å²) in [5.74, 6) is 6.09. The first-order valence-corrected chi connectivity index (χ1v) is 7.35. The molecule has 0 spiro atoms. The Hall–Kier alpha value is -3.63. The highest BCUT2D eigenvalue weighted by Crippen LogP contribution is 2.24. The minimum absolute atomic E-state index is 0.140. The van der Waals surface area contributed by atoms with Gasteiger partial charge in [0.15, 0.2) is 0 Å². The molecule has 0 saturated heterocycles. The molecule has 114 valence electrons. The van der Waals surface area contributed by atoms with E-state index >= 15 is 0 Å². The summed E-state index contributed by atoms with van der Waals surface area (Å²) in [5, 5.41) is 12.5. The lowest BCUT2D eigenvalue weighted by Crippen LogP contribution is -2.06. The van der Waals surface area contributed by atoms with Crippen molar-refractivity contribution in [2.45, 2.75) is 6.92 Å². The van der Waals surface area contributed by atoms with Gasteiger partial charge in [-0.2, -0.15) is 5.26 Å². The highest BCUT2D eigenvalue weighted by atomic mass is 16.1. The molecule has 1 amide bonds. The molecule has 0 atom stereocenters.